The highest BCUT2D eigenvalue weighted by molar-refractivity contribution is 5.37. The number of aryl methyl sites for hydroxylation is 1. The summed E-state index contributed by atoms with van der Waals surface area (Å²) in [6.07, 6.45) is 3.27. The first-order chi connectivity index (χ1) is 8.24. The average Bonchev–Trinajstić information content (AvgIpc) is 2.74. The molecule has 0 aliphatic carbocycles. The van der Waals surface area contributed by atoms with Crippen LogP contribution in [0.1, 0.15) is 0 Å². The normalized spacial score (nSPS) is 19.2. The Labute approximate surface area is 101 Å². The van der Waals surface area contributed by atoms with Crippen LogP contribution in [0.4, 0.5) is 5.69 Å². The third-order valence-corrected chi connectivity index (χ3v) is 2.82. The molecule has 1 aromatic rings. The first-order valence-electron chi connectivity index (χ1n) is 5.95. The summed E-state index contributed by atoms with van der Waals surface area (Å²) >= 11 is 0. The quantitative estimate of drug-likeness (QED) is 0.728. The summed E-state index contributed by atoms with van der Waals surface area (Å²) in [5.41, 5.74) is 0.938. The number of rotatable bonds is 5. The van der Waals surface area contributed by atoms with Crippen molar-refractivity contribution in [2.75, 3.05) is 44.7 Å². The van der Waals surface area contributed by atoms with Gasteiger partial charge < -0.3 is 15.2 Å². The molecule has 1 saturated heterocycles. The van der Waals surface area contributed by atoms with E-state index in [0.29, 0.717) is 13.1 Å². The van der Waals surface area contributed by atoms with E-state index < -0.39 is 0 Å². The molecule has 0 bridgehead atoms. The lowest BCUT2D eigenvalue weighted by Gasteiger charge is -2.28. The fraction of sp³-hybridized carbons (Fsp3) is 0.727. The summed E-state index contributed by atoms with van der Waals surface area (Å²) in [5.74, 6) is 0. The lowest BCUT2D eigenvalue weighted by Crippen LogP contribution is -2.42. The number of ether oxygens (including phenoxy) is 1. The topological polar surface area (TPSA) is 62.5 Å². The second-order valence-electron chi connectivity index (χ2n) is 4.35. The van der Waals surface area contributed by atoms with Crippen LogP contribution in [-0.4, -0.2) is 65.3 Å². The third-order valence-electron chi connectivity index (χ3n) is 2.82. The number of aliphatic hydroxyl groups is 1. The summed E-state index contributed by atoms with van der Waals surface area (Å²) in [4.78, 5) is 2.22. The minimum Gasteiger partial charge on any atom is -0.390 e. The van der Waals surface area contributed by atoms with Crippen molar-refractivity contribution in [2.24, 2.45) is 7.05 Å². The zero-order valence-corrected chi connectivity index (χ0v) is 10.2. The molecule has 96 valence electrons. The van der Waals surface area contributed by atoms with E-state index >= 15 is 0 Å². The molecule has 0 spiro atoms. The van der Waals surface area contributed by atoms with Gasteiger partial charge in [0.2, 0.25) is 0 Å². The Morgan fingerprint density at radius 1 is 1.53 bits per heavy atom. The number of nitrogens with one attached hydrogen (secondary N) is 1. The van der Waals surface area contributed by atoms with E-state index in [1.807, 2.05) is 13.2 Å². The Bertz CT molecular complexity index is 336. The molecule has 1 unspecified atom stereocenters. The van der Waals surface area contributed by atoms with Gasteiger partial charge in [-0.3, -0.25) is 9.58 Å². The predicted octanol–water partition coefficient (Wildman–Crippen LogP) is -0.475. The second kappa shape index (κ2) is 6.00. The molecule has 1 atom stereocenters. The van der Waals surface area contributed by atoms with Crippen molar-refractivity contribution >= 4 is 5.69 Å². The van der Waals surface area contributed by atoms with Crippen molar-refractivity contribution in [1.82, 2.24) is 14.7 Å². The smallest absolute Gasteiger partial charge is 0.0839 e. The Balaban J connectivity index is 1.68. The highest BCUT2D eigenvalue weighted by atomic mass is 16.5. The largest absolute Gasteiger partial charge is 0.390 e. The van der Waals surface area contributed by atoms with Crippen LogP contribution in [0.5, 0.6) is 0 Å². The predicted molar refractivity (Wildman–Crippen MR) is 65.0 cm³/mol. The van der Waals surface area contributed by atoms with Crippen LogP contribution >= 0.6 is 0 Å². The zero-order chi connectivity index (χ0) is 12.1. The van der Waals surface area contributed by atoms with Gasteiger partial charge in [-0.1, -0.05) is 0 Å². The summed E-state index contributed by atoms with van der Waals surface area (Å²) in [6.45, 7) is 4.58. The van der Waals surface area contributed by atoms with Crippen molar-refractivity contribution in [3.05, 3.63) is 12.4 Å². The first kappa shape index (κ1) is 12.3. The molecule has 6 heteroatoms. The number of aliphatic hydroxyl groups excluding tert-OH is 1. The number of anilines is 1. The average molecular weight is 240 g/mol. The van der Waals surface area contributed by atoms with E-state index in [9.17, 15) is 5.11 Å². The monoisotopic (exact) mass is 240 g/mol. The van der Waals surface area contributed by atoms with Gasteiger partial charge in [0.15, 0.2) is 0 Å². The lowest BCUT2D eigenvalue weighted by atomic mass is 10.3. The van der Waals surface area contributed by atoms with Crippen LogP contribution in [0.3, 0.4) is 0 Å². The molecule has 0 saturated carbocycles. The molecule has 0 aromatic carbocycles. The first-order valence-corrected chi connectivity index (χ1v) is 5.95. The van der Waals surface area contributed by atoms with Gasteiger partial charge in [-0.15, -0.1) is 0 Å². The Kier molecular flexibility index (Phi) is 4.36. The molecule has 0 amide bonds. The summed E-state index contributed by atoms with van der Waals surface area (Å²) in [5, 5.41) is 17.1. The summed E-state index contributed by atoms with van der Waals surface area (Å²) in [6, 6.07) is 0. The third kappa shape index (κ3) is 3.99. The molecule has 2 rings (SSSR count). The number of β-amino-alcohol motifs (C(OH)–C–C–N with tert-alkyl or cyclic N) is 1. The van der Waals surface area contributed by atoms with E-state index in [1.165, 1.54) is 0 Å². The fourth-order valence-corrected chi connectivity index (χ4v) is 1.89. The maximum absolute atomic E-state index is 9.90. The highest BCUT2D eigenvalue weighted by Gasteiger charge is 2.14. The van der Waals surface area contributed by atoms with Gasteiger partial charge in [-0.05, 0) is 0 Å². The van der Waals surface area contributed by atoms with Crippen LogP contribution in [0, 0.1) is 0 Å². The van der Waals surface area contributed by atoms with E-state index in [4.69, 9.17) is 4.74 Å². The van der Waals surface area contributed by atoms with Crippen molar-refractivity contribution in [3.63, 3.8) is 0 Å². The van der Waals surface area contributed by atoms with Gasteiger partial charge in [0.05, 0.1) is 31.2 Å². The molecule has 1 aromatic heterocycles. The number of aromatic nitrogens is 2. The van der Waals surface area contributed by atoms with Gasteiger partial charge in [-0.25, -0.2) is 0 Å². The van der Waals surface area contributed by atoms with Gasteiger partial charge >= 0.3 is 0 Å². The number of nitrogens with zero attached hydrogens (tertiary/aromatic N) is 3. The van der Waals surface area contributed by atoms with Gasteiger partial charge in [0.25, 0.3) is 0 Å². The van der Waals surface area contributed by atoms with Gasteiger partial charge in [-0.2, -0.15) is 5.10 Å². The van der Waals surface area contributed by atoms with Crippen LogP contribution in [0.25, 0.3) is 0 Å². The Hall–Kier alpha value is -1.11. The maximum Gasteiger partial charge on any atom is 0.0839 e. The Morgan fingerprint density at radius 2 is 2.29 bits per heavy atom. The van der Waals surface area contributed by atoms with E-state index in [-0.39, 0.29) is 6.10 Å². The molecule has 2 heterocycles. The van der Waals surface area contributed by atoms with E-state index in [1.54, 1.807) is 10.9 Å². The van der Waals surface area contributed by atoms with Crippen molar-refractivity contribution in [3.8, 4) is 0 Å². The standard InChI is InChI=1S/C11H20N4O2/c1-14-8-10(6-13-14)12-7-11(16)9-15-2-4-17-5-3-15/h6,8,11-12,16H,2-5,7,9H2,1H3. The molecular weight excluding hydrogens is 220 g/mol. The molecule has 2 N–H and O–H groups in total. The second-order valence-corrected chi connectivity index (χ2v) is 4.35. The zero-order valence-electron chi connectivity index (χ0n) is 10.2. The molecule has 1 aliphatic rings. The molecular formula is C11H20N4O2. The minimum absolute atomic E-state index is 0.367. The summed E-state index contributed by atoms with van der Waals surface area (Å²) < 4.78 is 7.00. The SMILES string of the molecule is Cn1cc(NCC(O)CN2CCOCC2)cn1. The van der Waals surface area contributed by atoms with E-state index in [2.05, 4.69) is 15.3 Å². The molecule has 17 heavy (non-hydrogen) atoms. The molecule has 0 radical (unpaired) electrons. The highest BCUT2D eigenvalue weighted by Crippen LogP contribution is 2.04. The molecule has 1 fully saturated rings. The molecule has 1 aliphatic heterocycles. The van der Waals surface area contributed by atoms with Crippen molar-refractivity contribution in [1.29, 1.82) is 0 Å². The van der Waals surface area contributed by atoms with Crippen LogP contribution in [0.2, 0.25) is 0 Å². The Morgan fingerprint density at radius 3 is 2.94 bits per heavy atom. The number of morpholine rings is 1. The molecule has 6 nitrogen and oxygen atoms in total. The number of hydrogen-bond acceptors (Lipinski definition) is 5. The van der Waals surface area contributed by atoms with Gasteiger partial charge in [0, 0.05) is 39.4 Å². The number of hydrogen-bond donors (Lipinski definition) is 2. The van der Waals surface area contributed by atoms with Crippen LogP contribution in [-0.2, 0) is 11.8 Å². The summed E-state index contributed by atoms with van der Waals surface area (Å²) in [7, 11) is 1.87. The van der Waals surface area contributed by atoms with Crippen molar-refractivity contribution < 1.29 is 9.84 Å². The van der Waals surface area contributed by atoms with E-state index in [0.717, 1.165) is 32.0 Å². The maximum atomic E-state index is 9.90. The van der Waals surface area contributed by atoms with Gasteiger partial charge in [0.1, 0.15) is 0 Å². The lowest BCUT2D eigenvalue weighted by molar-refractivity contribution is 0.0171. The van der Waals surface area contributed by atoms with Crippen LogP contribution in [0.15, 0.2) is 12.4 Å². The minimum atomic E-state index is -0.367. The van der Waals surface area contributed by atoms with Crippen molar-refractivity contribution in [2.45, 2.75) is 6.10 Å². The fourth-order valence-electron chi connectivity index (χ4n) is 1.89. The van der Waals surface area contributed by atoms with Crippen LogP contribution < -0.4 is 5.32 Å².